The largest absolute Gasteiger partial charge is 0.497 e. The Morgan fingerprint density at radius 1 is 0.745 bits per heavy atom. The minimum atomic E-state index is -3.19. The third kappa shape index (κ3) is 9.86. The number of hydrogen-bond donors (Lipinski definition) is 1. The molecule has 47 heavy (non-hydrogen) atoms. The van der Waals surface area contributed by atoms with Gasteiger partial charge in [-0.05, 0) is 55.7 Å². The van der Waals surface area contributed by atoms with Gasteiger partial charge < -0.3 is 24.3 Å². The molecule has 0 atom stereocenters. The Hall–Kier alpha value is -3.30. The number of sulfonamides is 1. The Labute approximate surface area is 284 Å². The van der Waals surface area contributed by atoms with Crippen molar-refractivity contribution in [3.05, 3.63) is 64.3 Å². The third-order valence-corrected chi connectivity index (χ3v) is 9.46. The van der Waals surface area contributed by atoms with Crippen molar-refractivity contribution >= 4 is 74.3 Å². The van der Waals surface area contributed by atoms with Gasteiger partial charge >= 0.3 is 0 Å². The molecule has 12 nitrogen and oxygen atoms in total. The van der Waals surface area contributed by atoms with E-state index in [9.17, 15) is 21.6 Å². The number of H-pyrrole nitrogens is 1. The lowest BCUT2D eigenvalue weighted by Crippen LogP contribution is -2.48. The highest BCUT2D eigenvalue weighted by molar-refractivity contribution is 8.13. The summed E-state index contributed by atoms with van der Waals surface area (Å²) in [6, 6.07) is 11.3. The number of fused-ring (bicyclic) bond motifs is 2. The summed E-state index contributed by atoms with van der Waals surface area (Å²) >= 11 is 6.19. The molecule has 2 aromatic heterocycles. The summed E-state index contributed by atoms with van der Waals surface area (Å²) < 4.78 is 54.1. The number of piperazine rings is 1. The predicted molar refractivity (Wildman–Crippen MR) is 190 cm³/mol. The first-order valence-electron chi connectivity index (χ1n) is 14.9. The zero-order chi connectivity index (χ0) is 34.4. The van der Waals surface area contributed by atoms with Gasteiger partial charge in [-0.1, -0.05) is 11.6 Å². The van der Waals surface area contributed by atoms with Crippen molar-refractivity contribution in [2.24, 2.45) is 0 Å². The van der Waals surface area contributed by atoms with E-state index in [1.165, 1.54) is 29.8 Å². The number of benzene rings is 2. The molecule has 6 rings (SSSR count). The Bertz CT molecular complexity index is 1970. The quantitative estimate of drug-likeness (QED) is 0.227. The van der Waals surface area contributed by atoms with Crippen molar-refractivity contribution in [2.75, 3.05) is 75.8 Å². The zero-order valence-corrected chi connectivity index (χ0v) is 29.8. The maximum atomic E-state index is 11.9. The number of aromatic nitrogens is 2. The lowest BCUT2D eigenvalue weighted by atomic mass is 10.1. The highest BCUT2D eigenvalue weighted by Crippen LogP contribution is 2.34. The number of halogens is 2. The van der Waals surface area contributed by atoms with E-state index in [1.54, 1.807) is 20.4 Å². The Balaban J connectivity index is 0.000000189. The highest BCUT2D eigenvalue weighted by Gasteiger charge is 2.25. The van der Waals surface area contributed by atoms with Crippen LogP contribution in [-0.2, 0) is 19.1 Å². The number of nitrogens with one attached hydrogen (secondary N) is 1. The van der Waals surface area contributed by atoms with E-state index >= 15 is 0 Å². The van der Waals surface area contributed by atoms with Crippen molar-refractivity contribution in [2.45, 2.75) is 19.3 Å². The smallest absolute Gasteiger partial charge is 0.255 e. The van der Waals surface area contributed by atoms with Crippen LogP contribution >= 0.6 is 22.3 Å². The monoisotopic (exact) mass is 727 g/mol. The van der Waals surface area contributed by atoms with Crippen LogP contribution in [0.2, 0.25) is 5.15 Å². The first-order chi connectivity index (χ1) is 22.2. The summed E-state index contributed by atoms with van der Waals surface area (Å²) in [6.45, 7) is 4.27. The normalized spacial score (nSPS) is 15.8. The molecule has 4 heterocycles. The summed E-state index contributed by atoms with van der Waals surface area (Å²) in [5.74, 6) is 1.53. The number of pyridine rings is 2. The Morgan fingerprint density at radius 2 is 1.26 bits per heavy atom. The topological polar surface area (TPSA) is 142 Å². The highest BCUT2D eigenvalue weighted by atomic mass is 35.7. The van der Waals surface area contributed by atoms with E-state index in [-0.39, 0.29) is 5.56 Å². The minimum Gasteiger partial charge on any atom is -0.497 e. The summed E-state index contributed by atoms with van der Waals surface area (Å²) in [4.78, 5) is 23.5. The van der Waals surface area contributed by atoms with Crippen LogP contribution in [0.5, 0.6) is 11.5 Å². The van der Waals surface area contributed by atoms with Crippen molar-refractivity contribution in [3.8, 4) is 11.5 Å². The van der Waals surface area contributed by atoms with Gasteiger partial charge in [0.2, 0.25) is 19.1 Å². The average molecular weight is 729 g/mol. The number of methoxy groups -OCH3 is 2. The molecule has 2 aromatic carbocycles. The van der Waals surface area contributed by atoms with E-state index in [0.29, 0.717) is 31.3 Å². The molecule has 2 fully saturated rings. The molecule has 0 bridgehead atoms. The number of hydrogen-bond acceptors (Lipinski definition) is 10. The molecular weight excluding hydrogens is 689 g/mol. The molecule has 2 aliphatic heterocycles. The fraction of sp³-hybridized carbons (Fsp3) is 0.419. The molecule has 0 spiro atoms. The van der Waals surface area contributed by atoms with Gasteiger partial charge in [-0.2, -0.15) is 4.31 Å². The number of nitrogens with zero attached hydrogens (tertiary/aromatic N) is 4. The minimum absolute atomic E-state index is 0.0431. The van der Waals surface area contributed by atoms with Crippen LogP contribution in [-0.4, -0.2) is 97.1 Å². The number of aromatic amines is 1. The maximum Gasteiger partial charge on any atom is 0.255 e. The average Bonchev–Trinajstić information content (AvgIpc) is 3.04. The van der Waals surface area contributed by atoms with Crippen molar-refractivity contribution < 1.29 is 26.3 Å². The third-order valence-electron chi connectivity index (χ3n) is 7.86. The van der Waals surface area contributed by atoms with Gasteiger partial charge in [0.1, 0.15) is 16.7 Å². The van der Waals surface area contributed by atoms with Gasteiger partial charge in [-0.15, -0.1) is 0 Å². The zero-order valence-electron chi connectivity index (χ0n) is 26.7. The van der Waals surface area contributed by atoms with E-state index in [1.807, 2.05) is 42.6 Å². The molecule has 0 radical (unpaired) electrons. The van der Waals surface area contributed by atoms with Gasteiger partial charge in [-0.25, -0.2) is 21.8 Å². The molecule has 16 heteroatoms. The number of piperidine rings is 1. The second-order valence-corrected chi connectivity index (χ2v) is 16.5. The lowest BCUT2D eigenvalue weighted by molar-refractivity contribution is 0.388. The fourth-order valence-corrected chi connectivity index (χ4v) is 6.60. The molecule has 2 aliphatic rings. The van der Waals surface area contributed by atoms with Crippen LogP contribution in [0.15, 0.2) is 53.6 Å². The van der Waals surface area contributed by atoms with E-state index in [2.05, 4.69) is 30.5 Å². The van der Waals surface area contributed by atoms with E-state index in [0.717, 1.165) is 63.8 Å². The van der Waals surface area contributed by atoms with Crippen LogP contribution in [0.3, 0.4) is 0 Å². The Morgan fingerprint density at radius 3 is 1.79 bits per heavy atom. The summed E-state index contributed by atoms with van der Waals surface area (Å²) in [7, 11) is 1.43. The van der Waals surface area contributed by atoms with Gasteiger partial charge in [-0.3, -0.25) is 4.79 Å². The summed E-state index contributed by atoms with van der Waals surface area (Å²) in [6.07, 6.45) is 9.45. The van der Waals surface area contributed by atoms with Gasteiger partial charge in [0.05, 0.1) is 44.3 Å². The first kappa shape index (κ1) is 36.5. The van der Waals surface area contributed by atoms with Crippen LogP contribution in [0, 0.1) is 0 Å². The van der Waals surface area contributed by atoms with E-state index in [4.69, 9.17) is 21.1 Å². The maximum absolute atomic E-state index is 11.9. The molecule has 2 saturated heterocycles. The van der Waals surface area contributed by atoms with Crippen LogP contribution in [0.4, 0.5) is 11.4 Å². The summed E-state index contributed by atoms with van der Waals surface area (Å²) in [5, 5.41) is 3.96. The molecule has 1 N–H and O–H groups in total. The molecule has 0 aliphatic carbocycles. The molecule has 0 unspecified atom stereocenters. The second-order valence-electron chi connectivity index (χ2n) is 11.1. The second kappa shape index (κ2) is 15.7. The fourth-order valence-electron chi connectivity index (χ4n) is 5.56. The molecule has 4 aromatic rings. The van der Waals surface area contributed by atoms with Gasteiger partial charge in [0.15, 0.2) is 0 Å². The number of rotatable bonds is 5. The standard InChI is InChI=1S/C15H18ClN3O3S.C15H18N2O2.CH3ClO2S/c1-22-11-3-4-12-13(9-11)14(10-17-15(12)16)18-5-7-19(8-6-18)23(2,20)21;1-19-11-5-6-12-13(9-11)14(10-16-15(12)18)17-7-3-2-4-8-17;1-5(2,3)4/h3-4,9-10H,5-8H2,1-2H3;5-6,9-10H,2-4,7-8H2,1H3,(H,16,18);1H3. The number of ether oxygens (including phenoxy) is 2. The SMILES string of the molecule is COc1ccc2c(=O)[nH]cc(N3CCCCC3)c2c1.COc1ccc2c(Cl)ncc(N3CCN(S(C)(=O)=O)CC3)c2c1.CS(=O)(=O)Cl. The predicted octanol–water partition coefficient (Wildman–Crippen LogP) is 4.69. The molecular formula is C31H39Cl2N5O7S2. The van der Waals surface area contributed by atoms with Gasteiger partial charge in [0, 0.05) is 77.7 Å². The van der Waals surface area contributed by atoms with Crippen LogP contribution in [0.25, 0.3) is 21.5 Å². The van der Waals surface area contributed by atoms with Gasteiger partial charge in [0.25, 0.3) is 5.56 Å². The molecule has 0 amide bonds. The van der Waals surface area contributed by atoms with Crippen molar-refractivity contribution in [1.82, 2.24) is 14.3 Å². The molecule has 256 valence electrons. The van der Waals surface area contributed by atoms with Crippen LogP contribution in [0.1, 0.15) is 19.3 Å². The summed E-state index contributed by atoms with van der Waals surface area (Å²) in [5.41, 5.74) is 2.00. The molecule has 0 saturated carbocycles. The first-order valence-corrected chi connectivity index (χ1v) is 19.8. The van der Waals surface area contributed by atoms with Crippen LogP contribution < -0.4 is 24.8 Å². The number of anilines is 2. The van der Waals surface area contributed by atoms with Crippen molar-refractivity contribution in [3.63, 3.8) is 0 Å². The van der Waals surface area contributed by atoms with E-state index < -0.39 is 19.1 Å². The van der Waals surface area contributed by atoms with Crippen molar-refractivity contribution in [1.29, 1.82) is 0 Å². The lowest BCUT2D eigenvalue weighted by Gasteiger charge is -2.35. The Kier molecular flexibility index (Phi) is 12.2.